The van der Waals surface area contributed by atoms with Crippen LogP contribution in [-0.2, 0) is 57.4 Å². The molecule has 0 aliphatic carbocycles. The van der Waals surface area contributed by atoms with Crippen LogP contribution in [0.3, 0.4) is 0 Å². The average molecular weight is 905 g/mol. The molecule has 2 fully saturated rings. The highest BCUT2D eigenvalue weighted by atomic mass is 16.6. The van der Waals surface area contributed by atoms with Crippen molar-refractivity contribution in [1.29, 1.82) is 0 Å². The average Bonchev–Trinajstić information content (AvgIpc) is 3.15. The predicted octanol–water partition coefficient (Wildman–Crippen LogP) is -4.66. The van der Waals surface area contributed by atoms with Crippen LogP contribution >= 0.6 is 0 Å². The number of carbonyl (C=O) groups is 10. The summed E-state index contributed by atoms with van der Waals surface area (Å²) in [6.45, 7) is -0.809. The lowest BCUT2D eigenvalue weighted by atomic mass is 10.1. The summed E-state index contributed by atoms with van der Waals surface area (Å²) < 4.78 is 9.86. The summed E-state index contributed by atoms with van der Waals surface area (Å²) in [4.78, 5) is 129. The monoisotopic (exact) mass is 904 g/mol. The molecular weight excluding hydrogens is 844 g/mol. The van der Waals surface area contributed by atoms with Crippen molar-refractivity contribution in [2.75, 3.05) is 131 Å². The minimum atomic E-state index is -1.21. The Hall–Kier alpha value is -5.22. The topological polar surface area (TPSA) is 354 Å². The number of rotatable bonds is 20. The fourth-order valence-electron chi connectivity index (χ4n) is 6.93. The van der Waals surface area contributed by atoms with E-state index in [0.29, 0.717) is 0 Å². The highest BCUT2D eigenvalue weighted by Gasteiger charge is 2.28. The van der Waals surface area contributed by atoms with Gasteiger partial charge < -0.3 is 50.7 Å². The molecule has 0 aromatic rings. The molecule has 2 heterocycles. The van der Waals surface area contributed by atoms with Crippen molar-refractivity contribution in [1.82, 2.24) is 40.0 Å². The first-order valence-corrected chi connectivity index (χ1v) is 20.4. The fourth-order valence-corrected chi connectivity index (χ4v) is 6.93. The van der Waals surface area contributed by atoms with Gasteiger partial charge in [-0.25, -0.2) is 0 Å². The second kappa shape index (κ2) is 29.2. The molecule has 2 atom stereocenters. The van der Waals surface area contributed by atoms with Crippen molar-refractivity contribution in [2.24, 2.45) is 0 Å². The molecule has 0 saturated carbocycles. The number of hydrogen-bond donors (Lipinski definition) is 8. The minimum Gasteiger partial charge on any atom is -0.481 e. The summed E-state index contributed by atoms with van der Waals surface area (Å²) in [6.07, 6.45) is -1.84. The number of carbonyl (C=O) groups excluding carboxylic acids is 4. The zero-order valence-electron chi connectivity index (χ0n) is 35.1. The van der Waals surface area contributed by atoms with Crippen LogP contribution in [0.1, 0.15) is 32.1 Å². The molecule has 8 N–H and O–H groups in total. The van der Waals surface area contributed by atoms with Gasteiger partial charge in [0.05, 0.1) is 52.1 Å². The van der Waals surface area contributed by atoms with E-state index in [-0.39, 0.29) is 111 Å². The van der Waals surface area contributed by atoms with Gasteiger partial charge in [0.2, 0.25) is 0 Å². The van der Waals surface area contributed by atoms with Crippen LogP contribution in [-0.4, -0.2) is 263 Å². The molecule has 26 nitrogen and oxygen atoms in total. The molecule has 2 rings (SSSR count). The van der Waals surface area contributed by atoms with Gasteiger partial charge >= 0.3 is 59.7 Å². The Kier molecular flexibility index (Phi) is 25.0. The Labute approximate surface area is 362 Å². The summed E-state index contributed by atoms with van der Waals surface area (Å²) >= 11 is 0. The second-order valence-electron chi connectivity index (χ2n) is 15.1. The Bertz CT molecular complexity index is 1470. The Morgan fingerprint density at radius 2 is 0.714 bits per heavy atom. The Balaban J connectivity index is 2.00. The maximum absolute atomic E-state index is 12.9. The zero-order valence-corrected chi connectivity index (χ0v) is 35.1. The summed E-state index contributed by atoms with van der Waals surface area (Å²) in [6, 6.07) is -1.51. The van der Waals surface area contributed by atoms with E-state index in [1.165, 1.54) is 19.6 Å². The Morgan fingerprint density at radius 1 is 0.397 bits per heavy atom. The van der Waals surface area contributed by atoms with Crippen molar-refractivity contribution in [3.8, 4) is 0 Å². The summed E-state index contributed by atoms with van der Waals surface area (Å²) in [5.74, 6) is -10.9. The quantitative estimate of drug-likeness (QED) is 0.0420. The minimum absolute atomic E-state index is 0.00197. The SMILES string of the molecule is O=C(O)CC1CNCCN(CC(=O)O)CCN(CC(=O)OC(=O)CCCC(=O)OC(=O)CN2CCN(CC(=O)O)CCNCC(CC(=O)O)N(CC(=O)O)CC2)CCN1CC(=O)O. The van der Waals surface area contributed by atoms with Gasteiger partial charge in [-0.3, -0.25) is 77.3 Å². The van der Waals surface area contributed by atoms with E-state index < -0.39 is 124 Å². The van der Waals surface area contributed by atoms with Crippen LogP contribution in [0.15, 0.2) is 0 Å². The van der Waals surface area contributed by atoms with Crippen LogP contribution in [0.5, 0.6) is 0 Å². The molecule has 2 aliphatic heterocycles. The number of nitrogens with one attached hydrogen (secondary N) is 2. The third-order valence-corrected chi connectivity index (χ3v) is 10.0. The Morgan fingerprint density at radius 3 is 1.03 bits per heavy atom. The molecular formula is C37H60N8O18. The first kappa shape index (κ1) is 53.9. The molecule has 2 saturated heterocycles. The molecule has 356 valence electrons. The van der Waals surface area contributed by atoms with Gasteiger partial charge in [0.25, 0.3) is 0 Å². The van der Waals surface area contributed by atoms with Gasteiger partial charge in [0.1, 0.15) is 0 Å². The van der Waals surface area contributed by atoms with E-state index in [4.69, 9.17) is 9.47 Å². The summed E-state index contributed by atoms with van der Waals surface area (Å²) in [7, 11) is 0. The van der Waals surface area contributed by atoms with E-state index in [1.807, 2.05) is 0 Å². The van der Waals surface area contributed by atoms with Gasteiger partial charge in [0, 0.05) is 117 Å². The number of aliphatic carboxylic acids is 6. The van der Waals surface area contributed by atoms with Crippen molar-refractivity contribution in [3.63, 3.8) is 0 Å². The van der Waals surface area contributed by atoms with Crippen molar-refractivity contribution >= 4 is 59.7 Å². The van der Waals surface area contributed by atoms with Gasteiger partial charge in [-0.15, -0.1) is 0 Å². The predicted molar refractivity (Wildman–Crippen MR) is 213 cm³/mol. The number of nitrogens with zero attached hydrogens (tertiary/aromatic N) is 6. The molecule has 2 unspecified atom stereocenters. The first-order valence-electron chi connectivity index (χ1n) is 20.4. The van der Waals surface area contributed by atoms with E-state index in [1.54, 1.807) is 9.80 Å². The molecule has 0 amide bonds. The highest BCUT2D eigenvalue weighted by Crippen LogP contribution is 2.10. The van der Waals surface area contributed by atoms with Crippen LogP contribution < -0.4 is 10.6 Å². The molecule has 0 bridgehead atoms. The van der Waals surface area contributed by atoms with Crippen molar-refractivity contribution in [3.05, 3.63) is 0 Å². The number of esters is 4. The normalized spacial score (nSPS) is 20.4. The van der Waals surface area contributed by atoms with Gasteiger partial charge in [0.15, 0.2) is 0 Å². The molecule has 0 spiro atoms. The first-order chi connectivity index (χ1) is 29.8. The van der Waals surface area contributed by atoms with E-state index in [9.17, 15) is 78.6 Å². The lowest BCUT2D eigenvalue weighted by molar-refractivity contribution is -0.161. The second-order valence-corrected chi connectivity index (χ2v) is 15.1. The van der Waals surface area contributed by atoms with Gasteiger partial charge in [-0.1, -0.05) is 0 Å². The van der Waals surface area contributed by atoms with Crippen LogP contribution in [0, 0.1) is 0 Å². The van der Waals surface area contributed by atoms with Crippen molar-refractivity contribution < 1.29 is 88.1 Å². The standard InChI is InChI=1S/C37H60N8O18/c46-28(47)16-26-18-38-4-6-40(20-30(50)51)8-10-42(12-14-44(26)22-32(54)55)24-36(60)62-34(58)2-1-3-35(59)63-37(61)25-43-11-9-41(21-31(52)53)7-5-39-19-27(17-29(48)49)45(15-13-43)23-33(56)57/h26-27,38-39H,1-25H2,(H,46,47)(H,48,49)(H,50,51)(H,52,53)(H,54,55)(H,56,57). The zero-order chi connectivity index (χ0) is 46.9. The maximum Gasteiger partial charge on any atom is 0.327 e. The number of hydrogen-bond acceptors (Lipinski definition) is 20. The lowest BCUT2D eigenvalue weighted by Crippen LogP contribution is -2.52. The lowest BCUT2D eigenvalue weighted by Gasteiger charge is -2.34. The maximum atomic E-state index is 12.9. The van der Waals surface area contributed by atoms with Gasteiger partial charge in [-0.05, 0) is 6.42 Å². The molecule has 0 aromatic heterocycles. The van der Waals surface area contributed by atoms with E-state index in [0.717, 1.165) is 0 Å². The summed E-state index contributed by atoms with van der Waals surface area (Å²) in [5.41, 5.74) is 0. The molecule has 0 radical (unpaired) electrons. The smallest absolute Gasteiger partial charge is 0.327 e. The number of carboxylic acid groups (broad SMARTS) is 6. The molecule has 26 heteroatoms. The third-order valence-electron chi connectivity index (χ3n) is 10.0. The largest absolute Gasteiger partial charge is 0.481 e. The van der Waals surface area contributed by atoms with Crippen LogP contribution in [0.2, 0.25) is 0 Å². The molecule has 2 aliphatic rings. The van der Waals surface area contributed by atoms with E-state index in [2.05, 4.69) is 10.6 Å². The van der Waals surface area contributed by atoms with E-state index >= 15 is 0 Å². The highest BCUT2D eigenvalue weighted by molar-refractivity contribution is 5.88. The van der Waals surface area contributed by atoms with Gasteiger partial charge in [-0.2, -0.15) is 0 Å². The van der Waals surface area contributed by atoms with Crippen molar-refractivity contribution in [2.45, 2.75) is 44.2 Å². The van der Waals surface area contributed by atoms with Crippen LogP contribution in [0.25, 0.3) is 0 Å². The van der Waals surface area contributed by atoms with Crippen LogP contribution in [0.4, 0.5) is 0 Å². The number of carboxylic acids is 6. The molecule has 63 heavy (non-hydrogen) atoms. The number of ether oxygens (including phenoxy) is 2. The molecule has 0 aromatic carbocycles. The third kappa shape index (κ3) is 24.9. The fraction of sp³-hybridized carbons (Fsp3) is 0.730. The summed E-state index contributed by atoms with van der Waals surface area (Å²) in [5, 5.41) is 62.7.